The molecule has 0 saturated heterocycles. The number of aromatic nitrogens is 2. The van der Waals surface area contributed by atoms with Crippen molar-refractivity contribution in [2.24, 2.45) is 0 Å². The lowest BCUT2D eigenvalue weighted by Crippen LogP contribution is -2.07. The third kappa shape index (κ3) is 3.11. The number of H-pyrrole nitrogens is 2. The van der Waals surface area contributed by atoms with Crippen LogP contribution in [-0.2, 0) is 4.79 Å². The van der Waals surface area contributed by atoms with Gasteiger partial charge in [-0.05, 0) is 43.3 Å². The summed E-state index contributed by atoms with van der Waals surface area (Å²) < 4.78 is 0. The van der Waals surface area contributed by atoms with E-state index < -0.39 is 0 Å². The fourth-order valence-electron chi connectivity index (χ4n) is 2.00. The van der Waals surface area contributed by atoms with Gasteiger partial charge in [-0.2, -0.15) is 0 Å². The van der Waals surface area contributed by atoms with Crippen LogP contribution in [0.25, 0.3) is 17.1 Å². The van der Waals surface area contributed by atoms with E-state index >= 15 is 0 Å². The quantitative estimate of drug-likeness (QED) is 0.650. The van der Waals surface area contributed by atoms with Crippen LogP contribution in [0.2, 0.25) is 0 Å². The zero-order valence-corrected chi connectivity index (χ0v) is 12.1. The highest BCUT2D eigenvalue weighted by molar-refractivity contribution is 7.12. The Morgan fingerprint density at radius 2 is 2.00 bits per heavy atom. The predicted octanol–water partition coefficient (Wildman–Crippen LogP) is 2.88. The van der Waals surface area contributed by atoms with Crippen molar-refractivity contribution in [1.82, 2.24) is 9.97 Å². The second-order valence-corrected chi connectivity index (χ2v) is 5.93. The van der Waals surface area contributed by atoms with Crippen molar-refractivity contribution in [3.8, 4) is 0 Å². The van der Waals surface area contributed by atoms with Gasteiger partial charge in [0.05, 0.1) is 11.0 Å². The van der Waals surface area contributed by atoms with Crippen LogP contribution in [0.5, 0.6) is 0 Å². The minimum atomic E-state index is -0.263. The molecule has 0 atom stereocenters. The van der Waals surface area contributed by atoms with Crippen LogP contribution in [0.15, 0.2) is 41.2 Å². The number of nitrogens with one attached hydrogen (secondary N) is 3. The Labute approximate surface area is 124 Å². The molecule has 3 N–H and O–H groups in total. The first-order valence-electron chi connectivity index (χ1n) is 6.38. The van der Waals surface area contributed by atoms with Gasteiger partial charge in [-0.15, -0.1) is 11.3 Å². The Morgan fingerprint density at radius 3 is 2.76 bits per heavy atom. The number of hydrogen-bond acceptors (Lipinski definition) is 3. The number of imidazole rings is 1. The van der Waals surface area contributed by atoms with Gasteiger partial charge in [0.1, 0.15) is 0 Å². The van der Waals surface area contributed by atoms with Crippen LogP contribution < -0.4 is 11.0 Å². The van der Waals surface area contributed by atoms with Crippen molar-refractivity contribution in [2.75, 3.05) is 5.32 Å². The van der Waals surface area contributed by atoms with Crippen molar-refractivity contribution in [1.29, 1.82) is 0 Å². The lowest BCUT2D eigenvalue weighted by molar-refractivity contribution is -0.111. The van der Waals surface area contributed by atoms with E-state index in [0.29, 0.717) is 16.7 Å². The van der Waals surface area contributed by atoms with Crippen molar-refractivity contribution in [2.45, 2.75) is 6.92 Å². The molecule has 0 aliphatic carbocycles. The molecule has 0 fully saturated rings. The van der Waals surface area contributed by atoms with Gasteiger partial charge < -0.3 is 15.3 Å². The molecule has 0 saturated carbocycles. The molecule has 0 bridgehead atoms. The number of carbonyl (C=O) groups excluding carboxylic acids is 1. The van der Waals surface area contributed by atoms with Crippen LogP contribution in [0.1, 0.15) is 9.75 Å². The zero-order valence-electron chi connectivity index (χ0n) is 11.3. The lowest BCUT2D eigenvalue weighted by atomic mass is 10.2. The molecule has 0 aliphatic heterocycles. The molecule has 3 aromatic rings. The average molecular weight is 299 g/mol. The summed E-state index contributed by atoms with van der Waals surface area (Å²) in [6.07, 6.45) is 3.28. The third-order valence-electron chi connectivity index (χ3n) is 2.94. The molecule has 0 aliphatic rings. The number of thiophene rings is 1. The van der Waals surface area contributed by atoms with E-state index in [9.17, 15) is 9.59 Å². The number of rotatable bonds is 3. The highest BCUT2D eigenvalue weighted by atomic mass is 32.1. The maximum atomic E-state index is 11.9. The standard InChI is InChI=1S/C15H13N3O2S/c1-9-2-4-11(21-9)5-7-14(19)16-10-3-6-12-13(8-10)18-15(20)17-12/h2-8H,1H3,(H,16,19)(H2,17,18,20). The Hall–Kier alpha value is -2.60. The number of anilines is 1. The SMILES string of the molecule is Cc1ccc(C=CC(=O)Nc2ccc3[nH]c(=O)[nH]c3c2)s1. The summed E-state index contributed by atoms with van der Waals surface area (Å²) in [4.78, 5) is 30.6. The molecule has 21 heavy (non-hydrogen) atoms. The molecular weight excluding hydrogens is 286 g/mol. The Balaban J connectivity index is 1.73. The smallest absolute Gasteiger partial charge is 0.322 e. The maximum Gasteiger partial charge on any atom is 0.323 e. The summed E-state index contributed by atoms with van der Waals surface area (Å²) in [6, 6.07) is 9.19. The summed E-state index contributed by atoms with van der Waals surface area (Å²) in [7, 11) is 0. The molecule has 2 aromatic heterocycles. The van der Waals surface area contributed by atoms with Crippen molar-refractivity contribution in [3.05, 3.63) is 56.6 Å². The Kier molecular flexibility index (Phi) is 3.45. The summed E-state index contributed by atoms with van der Waals surface area (Å²) >= 11 is 1.63. The van der Waals surface area contributed by atoms with Crippen LogP contribution >= 0.6 is 11.3 Å². The first kappa shape index (κ1) is 13.4. The van der Waals surface area contributed by atoms with Gasteiger partial charge in [-0.25, -0.2) is 4.79 Å². The van der Waals surface area contributed by atoms with Gasteiger partial charge in [0, 0.05) is 21.5 Å². The normalized spacial score (nSPS) is 11.3. The number of aromatic amines is 2. The molecule has 106 valence electrons. The van der Waals surface area contributed by atoms with Gasteiger partial charge in [-0.3, -0.25) is 4.79 Å². The maximum absolute atomic E-state index is 11.9. The predicted molar refractivity (Wildman–Crippen MR) is 85.6 cm³/mol. The molecule has 1 amide bonds. The van der Waals surface area contributed by atoms with Crippen molar-refractivity contribution in [3.63, 3.8) is 0 Å². The van der Waals surface area contributed by atoms with E-state index in [-0.39, 0.29) is 11.6 Å². The first-order chi connectivity index (χ1) is 10.1. The Morgan fingerprint density at radius 1 is 1.19 bits per heavy atom. The summed E-state index contributed by atoms with van der Waals surface area (Å²) in [5, 5.41) is 2.76. The number of hydrogen-bond donors (Lipinski definition) is 3. The van der Waals surface area contributed by atoms with Gasteiger partial charge in [-0.1, -0.05) is 0 Å². The second-order valence-electron chi connectivity index (χ2n) is 4.61. The second kappa shape index (κ2) is 5.41. The number of benzene rings is 1. The van der Waals surface area contributed by atoms with E-state index in [0.717, 1.165) is 4.88 Å². The van der Waals surface area contributed by atoms with Crippen LogP contribution in [-0.4, -0.2) is 15.9 Å². The number of aryl methyl sites for hydroxylation is 1. The fourth-order valence-corrected chi connectivity index (χ4v) is 2.78. The van der Waals surface area contributed by atoms with Crippen molar-refractivity contribution >= 4 is 40.0 Å². The summed E-state index contributed by atoms with van der Waals surface area (Å²) in [5.41, 5.74) is 1.74. The zero-order chi connectivity index (χ0) is 14.8. The molecule has 5 nitrogen and oxygen atoms in total. The number of carbonyl (C=O) groups is 1. The molecule has 0 spiro atoms. The number of fused-ring (bicyclic) bond motifs is 1. The highest BCUT2D eigenvalue weighted by Gasteiger charge is 2.02. The van der Waals surface area contributed by atoms with E-state index in [1.165, 1.54) is 11.0 Å². The molecule has 1 aromatic carbocycles. The van der Waals surface area contributed by atoms with E-state index in [1.54, 1.807) is 35.6 Å². The summed E-state index contributed by atoms with van der Waals surface area (Å²) in [6.45, 7) is 2.02. The van der Waals surface area contributed by atoms with Crippen LogP contribution in [0, 0.1) is 6.92 Å². The van der Waals surface area contributed by atoms with Gasteiger partial charge >= 0.3 is 5.69 Å². The van der Waals surface area contributed by atoms with Crippen molar-refractivity contribution < 1.29 is 4.79 Å². The molecule has 6 heteroatoms. The molecule has 0 unspecified atom stereocenters. The highest BCUT2D eigenvalue weighted by Crippen LogP contribution is 2.17. The van der Waals surface area contributed by atoms with E-state index in [4.69, 9.17) is 0 Å². The Bertz CT molecular complexity index is 886. The topological polar surface area (TPSA) is 77.8 Å². The first-order valence-corrected chi connectivity index (χ1v) is 7.19. The van der Waals surface area contributed by atoms with Gasteiger partial charge in [0.15, 0.2) is 0 Å². The minimum Gasteiger partial charge on any atom is -0.322 e. The largest absolute Gasteiger partial charge is 0.323 e. The monoisotopic (exact) mass is 299 g/mol. The van der Waals surface area contributed by atoms with Gasteiger partial charge in [0.2, 0.25) is 5.91 Å². The molecule has 0 radical (unpaired) electrons. The lowest BCUT2D eigenvalue weighted by Gasteiger charge is -2.01. The third-order valence-corrected chi connectivity index (χ3v) is 3.91. The van der Waals surface area contributed by atoms with Crippen LogP contribution in [0.3, 0.4) is 0 Å². The molecule has 3 rings (SSSR count). The van der Waals surface area contributed by atoms with E-state index in [2.05, 4.69) is 15.3 Å². The number of amides is 1. The minimum absolute atomic E-state index is 0.210. The fraction of sp³-hybridized carbons (Fsp3) is 0.0667. The molecular formula is C15H13N3O2S. The van der Waals surface area contributed by atoms with Gasteiger partial charge in [0.25, 0.3) is 0 Å². The summed E-state index contributed by atoms with van der Waals surface area (Å²) in [5.74, 6) is -0.210. The average Bonchev–Trinajstić information content (AvgIpc) is 3.01. The van der Waals surface area contributed by atoms with Crippen LogP contribution in [0.4, 0.5) is 5.69 Å². The van der Waals surface area contributed by atoms with E-state index in [1.807, 2.05) is 19.1 Å². The molecule has 2 heterocycles.